The Balaban J connectivity index is 2.22. The highest BCUT2D eigenvalue weighted by Gasteiger charge is 2.10. The van der Waals surface area contributed by atoms with Gasteiger partial charge in [-0.05, 0) is 48.2 Å². The molecule has 0 saturated carbocycles. The molecule has 112 valence electrons. The van der Waals surface area contributed by atoms with Crippen molar-refractivity contribution in [3.05, 3.63) is 52.3 Å². The molecule has 0 aliphatic rings. The molecule has 0 fully saturated rings. The second-order valence-corrected chi connectivity index (χ2v) is 6.29. The molecule has 0 aliphatic carbocycles. The van der Waals surface area contributed by atoms with E-state index in [1.165, 1.54) is 5.56 Å². The molecule has 21 heavy (non-hydrogen) atoms. The van der Waals surface area contributed by atoms with Gasteiger partial charge in [-0.1, -0.05) is 36.7 Å². The summed E-state index contributed by atoms with van der Waals surface area (Å²) in [6.45, 7) is 6.35. The van der Waals surface area contributed by atoms with E-state index in [2.05, 4.69) is 40.8 Å². The number of aromatic nitrogens is 1. The van der Waals surface area contributed by atoms with Crippen LogP contribution in [0.25, 0.3) is 0 Å². The highest BCUT2D eigenvalue weighted by Crippen LogP contribution is 2.32. The lowest BCUT2D eigenvalue weighted by molar-refractivity contribution is 0.469. The van der Waals surface area contributed by atoms with Gasteiger partial charge in [0.05, 0.1) is 11.9 Å². The van der Waals surface area contributed by atoms with Crippen molar-refractivity contribution < 1.29 is 4.74 Å². The van der Waals surface area contributed by atoms with E-state index in [1.54, 1.807) is 6.20 Å². The fraction of sp³-hybridized carbons (Fsp3) is 0.353. The van der Waals surface area contributed by atoms with Crippen molar-refractivity contribution in [2.24, 2.45) is 5.73 Å². The zero-order valence-corrected chi connectivity index (χ0v) is 14.2. The van der Waals surface area contributed by atoms with Crippen LogP contribution < -0.4 is 10.5 Å². The molecule has 4 heteroatoms. The van der Waals surface area contributed by atoms with Crippen LogP contribution in [-0.2, 0) is 0 Å². The van der Waals surface area contributed by atoms with Gasteiger partial charge in [0.1, 0.15) is 11.5 Å². The van der Waals surface area contributed by atoms with Gasteiger partial charge in [0.2, 0.25) is 0 Å². The Hall–Kier alpha value is -1.39. The summed E-state index contributed by atoms with van der Waals surface area (Å²) in [6, 6.07) is 9.88. The molecule has 1 aromatic carbocycles. The summed E-state index contributed by atoms with van der Waals surface area (Å²) in [5.74, 6) is 1.98. The maximum Gasteiger partial charge on any atom is 0.145 e. The van der Waals surface area contributed by atoms with Gasteiger partial charge in [0.15, 0.2) is 0 Å². The minimum Gasteiger partial charge on any atom is -0.455 e. The van der Waals surface area contributed by atoms with Gasteiger partial charge in [-0.3, -0.25) is 4.98 Å². The third-order valence-corrected chi connectivity index (χ3v) is 3.89. The minimum absolute atomic E-state index is 0.0158. The molecule has 3 nitrogen and oxygen atoms in total. The standard InChI is InChI=1S/C17H21BrN2O/c1-4-15(19)16-7-6-13(10-20-16)21-17-8-5-12(18)9-14(17)11(2)3/h5-11,15H,4,19H2,1-3H3/t15-/m1/s1. The molecule has 1 atom stereocenters. The average molecular weight is 349 g/mol. The van der Waals surface area contributed by atoms with Crippen molar-refractivity contribution in [1.82, 2.24) is 4.98 Å². The number of benzene rings is 1. The first-order valence-electron chi connectivity index (χ1n) is 7.20. The molecule has 0 radical (unpaired) electrons. The van der Waals surface area contributed by atoms with E-state index in [1.807, 2.05) is 31.2 Å². The Kier molecular flexibility index (Phi) is 5.37. The molecule has 0 bridgehead atoms. The molecule has 0 unspecified atom stereocenters. The average Bonchev–Trinajstić information content (AvgIpc) is 2.49. The quantitative estimate of drug-likeness (QED) is 0.810. The molecule has 2 rings (SSSR count). The minimum atomic E-state index is -0.0158. The monoisotopic (exact) mass is 348 g/mol. The van der Waals surface area contributed by atoms with Gasteiger partial charge in [-0.25, -0.2) is 0 Å². The van der Waals surface area contributed by atoms with Crippen LogP contribution in [0.1, 0.15) is 50.4 Å². The molecule has 2 N–H and O–H groups in total. The number of rotatable bonds is 5. The van der Waals surface area contributed by atoms with Gasteiger partial charge in [0.25, 0.3) is 0 Å². The number of halogens is 1. The smallest absolute Gasteiger partial charge is 0.145 e. The maximum atomic E-state index is 5.97. The summed E-state index contributed by atoms with van der Waals surface area (Å²) in [4.78, 5) is 4.38. The van der Waals surface area contributed by atoms with Crippen LogP contribution in [0.15, 0.2) is 41.0 Å². The molecule has 0 amide bonds. The van der Waals surface area contributed by atoms with Gasteiger partial charge in [-0.2, -0.15) is 0 Å². The van der Waals surface area contributed by atoms with Crippen LogP contribution >= 0.6 is 15.9 Å². The zero-order chi connectivity index (χ0) is 15.4. The Bertz CT molecular complexity index is 596. The van der Waals surface area contributed by atoms with E-state index < -0.39 is 0 Å². The van der Waals surface area contributed by atoms with E-state index in [-0.39, 0.29) is 6.04 Å². The summed E-state index contributed by atoms with van der Waals surface area (Å²) in [5, 5.41) is 0. The third kappa shape index (κ3) is 4.05. The summed E-state index contributed by atoms with van der Waals surface area (Å²) < 4.78 is 7.03. The topological polar surface area (TPSA) is 48.1 Å². The number of nitrogens with zero attached hydrogens (tertiary/aromatic N) is 1. The fourth-order valence-corrected chi connectivity index (χ4v) is 2.45. The van der Waals surface area contributed by atoms with Crippen LogP contribution in [0.2, 0.25) is 0 Å². The molecular formula is C17H21BrN2O. The number of ether oxygens (including phenoxy) is 1. The highest BCUT2D eigenvalue weighted by atomic mass is 79.9. The van der Waals surface area contributed by atoms with Gasteiger partial charge < -0.3 is 10.5 Å². The first kappa shape index (κ1) is 16.0. The number of hydrogen-bond donors (Lipinski definition) is 1. The maximum absolute atomic E-state index is 5.97. The SMILES string of the molecule is CC[C@@H](N)c1ccc(Oc2ccc(Br)cc2C(C)C)cn1. The van der Waals surface area contributed by atoms with E-state index in [0.717, 1.165) is 28.1 Å². The van der Waals surface area contributed by atoms with Crippen LogP contribution in [0.4, 0.5) is 0 Å². The van der Waals surface area contributed by atoms with Crippen LogP contribution in [0, 0.1) is 0 Å². The van der Waals surface area contributed by atoms with Gasteiger partial charge >= 0.3 is 0 Å². The summed E-state index contributed by atoms with van der Waals surface area (Å²) in [6.07, 6.45) is 2.61. The molecular weight excluding hydrogens is 328 g/mol. The van der Waals surface area contributed by atoms with Crippen LogP contribution in [0.5, 0.6) is 11.5 Å². The second kappa shape index (κ2) is 7.05. The Labute approximate surface area is 134 Å². The number of nitrogens with two attached hydrogens (primary N) is 1. The van der Waals surface area contributed by atoms with Crippen molar-refractivity contribution in [3.63, 3.8) is 0 Å². The Morgan fingerprint density at radius 2 is 2.00 bits per heavy atom. The lowest BCUT2D eigenvalue weighted by Crippen LogP contribution is -2.10. The number of hydrogen-bond acceptors (Lipinski definition) is 3. The second-order valence-electron chi connectivity index (χ2n) is 5.37. The largest absolute Gasteiger partial charge is 0.455 e. The predicted octanol–water partition coefficient (Wildman–Crippen LogP) is 5.17. The fourth-order valence-electron chi connectivity index (χ4n) is 2.07. The van der Waals surface area contributed by atoms with Crippen molar-refractivity contribution in [2.75, 3.05) is 0 Å². The third-order valence-electron chi connectivity index (χ3n) is 3.40. The van der Waals surface area contributed by atoms with Crippen LogP contribution in [-0.4, -0.2) is 4.98 Å². The van der Waals surface area contributed by atoms with E-state index in [0.29, 0.717) is 5.92 Å². The summed E-state index contributed by atoms with van der Waals surface area (Å²) in [7, 11) is 0. The predicted molar refractivity (Wildman–Crippen MR) is 89.8 cm³/mol. The molecule has 2 aromatic rings. The van der Waals surface area contributed by atoms with Gasteiger partial charge in [-0.15, -0.1) is 0 Å². The van der Waals surface area contributed by atoms with E-state index in [4.69, 9.17) is 10.5 Å². The summed E-state index contributed by atoms with van der Waals surface area (Å²) >= 11 is 3.50. The van der Waals surface area contributed by atoms with Crippen molar-refractivity contribution in [3.8, 4) is 11.5 Å². The lowest BCUT2D eigenvalue weighted by atomic mass is 10.0. The molecule has 0 saturated heterocycles. The van der Waals surface area contributed by atoms with Crippen molar-refractivity contribution in [2.45, 2.75) is 39.2 Å². The first-order valence-corrected chi connectivity index (χ1v) is 7.99. The molecule has 0 spiro atoms. The first-order chi connectivity index (χ1) is 10.0. The van der Waals surface area contributed by atoms with Crippen molar-refractivity contribution in [1.29, 1.82) is 0 Å². The van der Waals surface area contributed by atoms with E-state index >= 15 is 0 Å². The Morgan fingerprint density at radius 1 is 1.24 bits per heavy atom. The Morgan fingerprint density at radius 3 is 2.57 bits per heavy atom. The lowest BCUT2D eigenvalue weighted by Gasteiger charge is -2.15. The normalized spacial score (nSPS) is 12.5. The van der Waals surface area contributed by atoms with Crippen LogP contribution in [0.3, 0.4) is 0 Å². The summed E-state index contributed by atoms with van der Waals surface area (Å²) in [5.41, 5.74) is 8.03. The van der Waals surface area contributed by atoms with E-state index in [9.17, 15) is 0 Å². The zero-order valence-electron chi connectivity index (χ0n) is 12.6. The van der Waals surface area contributed by atoms with Crippen molar-refractivity contribution >= 4 is 15.9 Å². The molecule has 0 aliphatic heterocycles. The highest BCUT2D eigenvalue weighted by molar-refractivity contribution is 9.10. The molecule has 1 aromatic heterocycles. The number of pyridine rings is 1. The molecule has 1 heterocycles. The van der Waals surface area contributed by atoms with Gasteiger partial charge in [0, 0.05) is 10.5 Å².